The monoisotopic (exact) mass is 463 g/mol. The van der Waals surface area contributed by atoms with Crippen molar-refractivity contribution in [2.75, 3.05) is 19.2 Å². The Morgan fingerprint density at radius 2 is 1.65 bits per heavy atom. The SMILES string of the molecule is COC(=O)N(NC(=O)c1c(OC)c(-c2ccccc2)nc2ccccc12)c1cc(F)ccc1F. The Labute approximate surface area is 193 Å². The van der Waals surface area contributed by atoms with Crippen LogP contribution in [0.3, 0.4) is 0 Å². The van der Waals surface area contributed by atoms with Crippen molar-refractivity contribution in [3.8, 4) is 17.0 Å². The number of amides is 2. The lowest BCUT2D eigenvalue weighted by molar-refractivity contribution is 0.0939. The second-order valence-electron chi connectivity index (χ2n) is 7.09. The number of hydrogen-bond donors (Lipinski definition) is 1. The quantitative estimate of drug-likeness (QED) is 0.426. The van der Waals surface area contributed by atoms with E-state index < -0.39 is 29.3 Å². The fraction of sp³-hybridized carbons (Fsp3) is 0.0800. The largest absolute Gasteiger partial charge is 0.494 e. The maximum absolute atomic E-state index is 14.5. The maximum Gasteiger partial charge on any atom is 0.433 e. The summed E-state index contributed by atoms with van der Waals surface area (Å²) in [4.78, 5) is 30.6. The highest BCUT2D eigenvalue weighted by Gasteiger charge is 2.28. The molecule has 3 aromatic carbocycles. The molecule has 1 heterocycles. The molecule has 0 saturated heterocycles. The minimum Gasteiger partial charge on any atom is -0.494 e. The second-order valence-corrected chi connectivity index (χ2v) is 7.09. The number of hydrogen-bond acceptors (Lipinski definition) is 5. The van der Waals surface area contributed by atoms with Gasteiger partial charge in [-0.2, -0.15) is 5.01 Å². The number of carbonyl (C=O) groups excluding carboxylic acids is 2. The number of pyridine rings is 1. The number of methoxy groups -OCH3 is 2. The van der Waals surface area contributed by atoms with Crippen LogP contribution in [0.25, 0.3) is 22.2 Å². The standard InChI is InChI=1S/C25H19F2N3O4/c1-33-23-21(17-10-6-7-11-19(17)28-22(23)15-8-4-3-5-9-15)24(31)29-30(25(32)34-2)20-14-16(26)12-13-18(20)27/h3-14H,1-2H3,(H,29,31). The zero-order valence-electron chi connectivity index (χ0n) is 18.2. The van der Waals surface area contributed by atoms with E-state index in [1.165, 1.54) is 7.11 Å². The van der Waals surface area contributed by atoms with E-state index in [-0.39, 0.29) is 11.3 Å². The van der Waals surface area contributed by atoms with Crippen LogP contribution >= 0.6 is 0 Å². The summed E-state index contributed by atoms with van der Waals surface area (Å²) in [6.45, 7) is 0. The molecule has 0 aliphatic carbocycles. The molecule has 4 rings (SSSR count). The maximum atomic E-state index is 14.5. The van der Waals surface area contributed by atoms with Crippen molar-refractivity contribution < 1.29 is 27.8 Å². The van der Waals surface area contributed by atoms with Crippen LogP contribution in [0.4, 0.5) is 19.3 Å². The van der Waals surface area contributed by atoms with Gasteiger partial charge in [0, 0.05) is 17.0 Å². The van der Waals surface area contributed by atoms with Crippen LogP contribution in [0.1, 0.15) is 10.4 Å². The van der Waals surface area contributed by atoms with E-state index in [1.807, 2.05) is 30.3 Å². The Bertz CT molecular complexity index is 1380. The molecule has 1 N–H and O–H groups in total. The third kappa shape index (κ3) is 4.23. The molecule has 0 fully saturated rings. The third-order valence-corrected chi connectivity index (χ3v) is 5.05. The molecule has 0 atom stereocenters. The first-order valence-electron chi connectivity index (χ1n) is 10.1. The predicted octanol–water partition coefficient (Wildman–Crippen LogP) is 5.11. The summed E-state index contributed by atoms with van der Waals surface area (Å²) < 4.78 is 38.5. The highest BCUT2D eigenvalue weighted by atomic mass is 19.1. The van der Waals surface area contributed by atoms with Crippen LogP contribution < -0.4 is 15.2 Å². The van der Waals surface area contributed by atoms with Crippen molar-refractivity contribution in [1.82, 2.24) is 10.4 Å². The molecule has 1 aromatic heterocycles. The number of nitrogens with one attached hydrogen (secondary N) is 1. The van der Waals surface area contributed by atoms with E-state index in [2.05, 4.69) is 15.1 Å². The molecule has 0 spiro atoms. The lowest BCUT2D eigenvalue weighted by Crippen LogP contribution is -2.47. The van der Waals surface area contributed by atoms with E-state index in [9.17, 15) is 18.4 Å². The number of carbonyl (C=O) groups is 2. The number of ether oxygens (including phenoxy) is 2. The number of aromatic nitrogens is 1. The number of nitrogens with zero attached hydrogens (tertiary/aromatic N) is 2. The van der Waals surface area contributed by atoms with Crippen molar-refractivity contribution in [1.29, 1.82) is 0 Å². The van der Waals surface area contributed by atoms with Gasteiger partial charge in [0.05, 0.1) is 25.3 Å². The van der Waals surface area contributed by atoms with Gasteiger partial charge >= 0.3 is 6.09 Å². The van der Waals surface area contributed by atoms with E-state index in [1.54, 1.807) is 24.3 Å². The van der Waals surface area contributed by atoms with E-state index >= 15 is 0 Å². The summed E-state index contributed by atoms with van der Waals surface area (Å²) in [5, 5.41) is 0.929. The van der Waals surface area contributed by atoms with Crippen LogP contribution in [0, 0.1) is 11.6 Å². The summed E-state index contributed by atoms with van der Waals surface area (Å²) in [6, 6.07) is 18.5. The Hall–Kier alpha value is -4.53. The van der Waals surface area contributed by atoms with Crippen LogP contribution in [-0.2, 0) is 4.74 Å². The average Bonchev–Trinajstić information content (AvgIpc) is 2.87. The predicted molar refractivity (Wildman–Crippen MR) is 122 cm³/mol. The van der Waals surface area contributed by atoms with Crippen LogP contribution in [0.15, 0.2) is 72.8 Å². The summed E-state index contributed by atoms with van der Waals surface area (Å²) >= 11 is 0. The van der Waals surface area contributed by atoms with Gasteiger partial charge in [-0.3, -0.25) is 10.2 Å². The number of fused-ring (bicyclic) bond motifs is 1. The molecule has 9 heteroatoms. The summed E-state index contributed by atoms with van der Waals surface area (Å²) in [5.74, 6) is -2.42. The van der Waals surface area contributed by atoms with Crippen molar-refractivity contribution in [3.63, 3.8) is 0 Å². The number of halogens is 2. The molecule has 172 valence electrons. The van der Waals surface area contributed by atoms with Gasteiger partial charge in [0.2, 0.25) is 0 Å². The Kier molecular flexibility index (Phi) is 6.35. The Morgan fingerprint density at radius 3 is 2.35 bits per heavy atom. The number of hydrazine groups is 1. The first-order chi connectivity index (χ1) is 16.4. The molecule has 4 aromatic rings. The smallest absolute Gasteiger partial charge is 0.433 e. The molecule has 7 nitrogen and oxygen atoms in total. The molecule has 0 unspecified atom stereocenters. The van der Waals surface area contributed by atoms with Crippen molar-refractivity contribution in [2.24, 2.45) is 0 Å². The van der Waals surface area contributed by atoms with Gasteiger partial charge < -0.3 is 9.47 Å². The molecule has 34 heavy (non-hydrogen) atoms. The zero-order chi connectivity index (χ0) is 24.2. The van der Waals surface area contributed by atoms with Crippen LogP contribution in [-0.4, -0.2) is 31.2 Å². The van der Waals surface area contributed by atoms with Gasteiger partial charge in [-0.1, -0.05) is 48.5 Å². The van der Waals surface area contributed by atoms with Gasteiger partial charge in [0.1, 0.15) is 23.0 Å². The van der Waals surface area contributed by atoms with Crippen molar-refractivity contribution in [3.05, 3.63) is 90.0 Å². The number of benzene rings is 3. The Balaban J connectivity index is 1.89. The molecule has 2 amide bonds. The lowest BCUT2D eigenvalue weighted by atomic mass is 10.0. The average molecular weight is 463 g/mol. The topological polar surface area (TPSA) is 80.8 Å². The summed E-state index contributed by atoms with van der Waals surface area (Å²) in [6.07, 6.45) is -1.13. The molecule has 0 radical (unpaired) electrons. The fourth-order valence-corrected chi connectivity index (χ4v) is 3.52. The van der Waals surface area contributed by atoms with E-state index in [4.69, 9.17) is 4.74 Å². The van der Waals surface area contributed by atoms with Gasteiger partial charge in [-0.25, -0.2) is 18.6 Å². The fourth-order valence-electron chi connectivity index (χ4n) is 3.52. The van der Waals surface area contributed by atoms with Crippen molar-refractivity contribution in [2.45, 2.75) is 0 Å². The zero-order valence-corrected chi connectivity index (χ0v) is 18.2. The minimum absolute atomic E-state index is 0.0534. The van der Waals surface area contributed by atoms with Gasteiger partial charge in [-0.05, 0) is 18.2 Å². The van der Waals surface area contributed by atoms with Crippen LogP contribution in [0.2, 0.25) is 0 Å². The number of para-hydroxylation sites is 1. The van der Waals surface area contributed by atoms with E-state index in [0.717, 1.165) is 25.3 Å². The molecule has 0 bridgehead atoms. The molecule has 0 saturated carbocycles. The minimum atomic E-state index is -1.13. The second kappa shape index (κ2) is 9.53. The van der Waals surface area contributed by atoms with Crippen molar-refractivity contribution >= 4 is 28.6 Å². The highest BCUT2D eigenvalue weighted by Crippen LogP contribution is 2.36. The van der Waals surface area contributed by atoms with Gasteiger partial charge in [0.15, 0.2) is 5.75 Å². The molecule has 0 aliphatic rings. The molecular weight excluding hydrogens is 444 g/mol. The van der Waals surface area contributed by atoms with Gasteiger partial charge in [0.25, 0.3) is 5.91 Å². The molecular formula is C25H19F2N3O4. The number of rotatable bonds is 4. The van der Waals surface area contributed by atoms with Crippen LogP contribution in [0.5, 0.6) is 5.75 Å². The summed E-state index contributed by atoms with van der Waals surface area (Å²) in [7, 11) is 2.44. The van der Waals surface area contributed by atoms with Gasteiger partial charge in [-0.15, -0.1) is 0 Å². The normalized spacial score (nSPS) is 10.6. The molecule has 0 aliphatic heterocycles. The third-order valence-electron chi connectivity index (χ3n) is 5.05. The summed E-state index contributed by atoms with van der Waals surface area (Å²) in [5.41, 5.74) is 3.43. The first-order valence-corrected chi connectivity index (χ1v) is 10.1. The van der Waals surface area contributed by atoms with E-state index in [0.29, 0.717) is 27.2 Å². The first kappa shape index (κ1) is 22.7. The Morgan fingerprint density at radius 1 is 0.941 bits per heavy atom. The highest BCUT2D eigenvalue weighted by molar-refractivity contribution is 6.12. The lowest BCUT2D eigenvalue weighted by Gasteiger charge is -2.23. The number of anilines is 1.